The van der Waals surface area contributed by atoms with Crippen molar-refractivity contribution in [3.8, 4) is 0 Å². The zero-order chi connectivity index (χ0) is 15.1. The van der Waals surface area contributed by atoms with E-state index < -0.39 is 0 Å². The lowest BCUT2D eigenvalue weighted by Gasteiger charge is -2.05. The van der Waals surface area contributed by atoms with Gasteiger partial charge in [0.1, 0.15) is 0 Å². The predicted molar refractivity (Wildman–Crippen MR) is 82.8 cm³/mol. The van der Waals surface area contributed by atoms with Gasteiger partial charge in [0.2, 0.25) is 0 Å². The first-order chi connectivity index (χ1) is 9.95. The first-order valence-corrected chi connectivity index (χ1v) is 7.32. The maximum Gasteiger partial charge on any atom is 0.258 e. The highest BCUT2D eigenvalue weighted by molar-refractivity contribution is 7.15. The molecule has 0 fully saturated rings. The van der Waals surface area contributed by atoms with E-state index in [2.05, 4.69) is 20.4 Å². The lowest BCUT2D eigenvalue weighted by Crippen LogP contribution is -2.13. The number of nitrogens with one attached hydrogen (secondary N) is 1. The summed E-state index contributed by atoms with van der Waals surface area (Å²) < 4.78 is 1.70. The lowest BCUT2D eigenvalue weighted by atomic mass is 10.1. The van der Waals surface area contributed by atoms with Gasteiger partial charge in [-0.2, -0.15) is 5.10 Å². The lowest BCUT2D eigenvalue weighted by molar-refractivity contribution is 0.102. The quantitative estimate of drug-likeness (QED) is 0.789. The normalized spacial score (nSPS) is 11.0. The number of carbonyl (C=O) groups is 1. The van der Waals surface area contributed by atoms with Crippen LogP contribution in [0.25, 0.3) is 11.0 Å². The molecule has 0 atom stereocenters. The zero-order valence-corrected chi connectivity index (χ0v) is 13.1. The van der Waals surface area contributed by atoms with Gasteiger partial charge in [-0.25, -0.2) is 9.97 Å². The van der Waals surface area contributed by atoms with Crippen molar-refractivity contribution in [2.24, 2.45) is 7.05 Å². The van der Waals surface area contributed by atoms with Gasteiger partial charge in [0.15, 0.2) is 10.8 Å². The number of hydrogen-bond donors (Lipinski definition) is 1. The van der Waals surface area contributed by atoms with Gasteiger partial charge in [0.25, 0.3) is 5.91 Å². The molecular weight excluding hydrogens is 286 g/mol. The summed E-state index contributed by atoms with van der Waals surface area (Å²) in [6, 6.07) is 1.78. The molecule has 1 N–H and O–H groups in total. The maximum atomic E-state index is 12.5. The Morgan fingerprint density at radius 1 is 1.33 bits per heavy atom. The molecule has 0 aliphatic rings. The summed E-state index contributed by atoms with van der Waals surface area (Å²) in [7, 11) is 1.83. The second-order valence-corrected chi connectivity index (χ2v) is 6.18. The molecule has 3 aromatic rings. The Labute approximate surface area is 125 Å². The van der Waals surface area contributed by atoms with Crippen molar-refractivity contribution in [3.63, 3.8) is 0 Å². The van der Waals surface area contributed by atoms with Crippen molar-refractivity contribution in [2.75, 3.05) is 5.32 Å². The molecule has 0 bridgehead atoms. The SMILES string of the molecule is Cc1cc(C(=O)Nc2ncc(C)s2)c2c(C)nn(C)c2n1. The fraction of sp³-hybridized carbons (Fsp3) is 0.286. The van der Waals surface area contributed by atoms with Gasteiger partial charge >= 0.3 is 0 Å². The van der Waals surface area contributed by atoms with Crippen molar-refractivity contribution in [2.45, 2.75) is 20.8 Å². The number of fused-ring (bicyclic) bond motifs is 1. The number of aromatic nitrogens is 4. The molecule has 21 heavy (non-hydrogen) atoms. The Bertz CT molecular complexity index is 849. The molecule has 0 saturated carbocycles. The maximum absolute atomic E-state index is 12.5. The van der Waals surface area contributed by atoms with Crippen molar-refractivity contribution < 1.29 is 4.79 Å². The largest absolute Gasteiger partial charge is 0.298 e. The van der Waals surface area contributed by atoms with Crippen LogP contribution in [-0.2, 0) is 7.05 Å². The van der Waals surface area contributed by atoms with Crippen LogP contribution in [0.3, 0.4) is 0 Å². The van der Waals surface area contributed by atoms with E-state index in [4.69, 9.17) is 0 Å². The average molecular weight is 301 g/mol. The van der Waals surface area contributed by atoms with Crippen LogP contribution < -0.4 is 5.32 Å². The molecule has 0 spiro atoms. The number of aryl methyl sites for hydroxylation is 4. The van der Waals surface area contributed by atoms with Crippen LogP contribution in [0.15, 0.2) is 12.3 Å². The van der Waals surface area contributed by atoms with E-state index in [1.54, 1.807) is 16.9 Å². The molecule has 3 heterocycles. The zero-order valence-electron chi connectivity index (χ0n) is 12.3. The molecule has 1 amide bonds. The summed E-state index contributed by atoms with van der Waals surface area (Å²) in [6.07, 6.45) is 1.74. The standard InChI is InChI=1S/C14H15N5OS/c1-7-5-10(11-9(3)18-19(4)12(11)16-7)13(20)17-14-15-6-8(2)21-14/h5-6H,1-4H3,(H,15,17,20). The van der Waals surface area contributed by atoms with Crippen molar-refractivity contribution in [1.29, 1.82) is 0 Å². The number of amides is 1. The summed E-state index contributed by atoms with van der Waals surface area (Å²) >= 11 is 1.45. The van der Waals surface area contributed by atoms with Crippen LogP contribution in [0.1, 0.15) is 26.6 Å². The molecule has 0 aliphatic carbocycles. The van der Waals surface area contributed by atoms with Gasteiger partial charge in [-0.1, -0.05) is 0 Å². The number of nitrogens with zero attached hydrogens (tertiary/aromatic N) is 4. The fourth-order valence-corrected chi connectivity index (χ4v) is 2.99. The number of rotatable bonds is 2. The van der Waals surface area contributed by atoms with Gasteiger partial charge in [-0.05, 0) is 26.8 Å². The van der Waals surface area contributed by atoms with Crippen LogP contribution in [-0.4, -0.2) is 25.7 Å². The Morgan fingerprint density at radius 3 is 2.76 bits per heavy atom. The van der Waals surface area contributed by atoms with E-state index in [9.17, 15) is 4.79 Å². The van der Waals surface area contributed by atoms with E-state index in [-0.39, 0.29) is 5.91 Å². The molecular formula is C14H15N5OS. The molecule has 0 aliphatic heterocycles. The van der Waals surface area contributed by atoms with Gasteiger partial charge in [-0.3, -0.25) is 14.8 Å². The van der Waals surface area contributed by atoms with E-state index in [0.29, 0.717) is 16.3 Å². The molecule has 7 heteroatoms. The van der Waals surface area contributed by atoms with Crippen LogP contribution in [0.5, 0.6) is 0 Å². The monoisotopic (exact) mass is 301 g/mol. The Kier molecular flexibility index (Phi) is 3.21. The Hall–Kier alpha value is -2.28. The average Bonchev–Trinajstić information content (AvgIpc) is 2.93. The van der Waals surface area contributed by atoms with Crippen LogP contribution in [0.4, 0.5) is 5.13 Å². The van der Waals surface area contributed by atoms with Gasteiger partial charge in [-0.15, -0.1) is 11.3 Å². The predicted octanol–water partition coefficient (Wildman–Crippen LogP) is 2.60. The number of carbonyl (C=O) groups excluding carboxylic acids is 1. The highest BCUT2D eigenvalue weighted by Gasteiger charge is 2.18. The first-order valence-electron chi connectivity index (χ1n) is 6.50. The topological polar surface area (TPSA) is 72.7 Å². The van der Waals surface area contributed by atoms with Crippen LogP contribution in [0.2, 0.25) is 0 Å². The third-order valence-corrected chi connectivity index (χ3v) is 4.01. The van der Waals surface area contributed by atoms with E-state index in [1.807, 2.05) is 27.8 Å². The summed E-state index contributed by atoms with van der Waals surface area (Å²) in [4.78, 5) is 22.2. The van der Waals surface area contributed by atoms with E-state index in [0.717, 1.165) is 21.7 Å². The molecule has 3 aromatic heterocycles. The second-order valence-electron chi connectivity index (χ2n) is 4.95. The molecule has 0 unspecified atom stereocenters. The van der Waals surface area contributed by atoms with Crippen molar-refractivity contribution in [3.05, 3.63) is 34.1 Å². The summed E-state index contributed by atoms with van der Waals surface area (Å²) in [6.45, 7) is 5.70. The highest BCUT2D eigenvalue weighted by Crippen LogP contribution is 2.23. The Balaban J connectivity index is 2.08. The molecule has 6 nitrogen and oxygen atoms in total. The summed E-state index contributed by atoms with van der Waals surface area (Å²) in [5, 5.41) is 8.57. The van der Waals surface area contributed by atoms with E-state index >= 15 is 0 Å². The third-order valence-electron chi connectivity index (χ3n) is 3.18. The number of thiazole rings is 1. The molecule has 0 radical (unpaired) electrons. The second kappa shape index (κ2) is 4.92. The number of anilines is 1. The first kappa shape index (κ1) is 13.7. The molecule has 3 rings (SSSR count). The third kappa shape index (κ3) is 2.40. The van der Waals surface area contributed by atoms with Crippen molar-refractivity contribution in [1.82, 2.24) is 19.7 Å². The van der Waals surface area contributed by atoms with Crippen LogP contribution >= 0.6 is 11.3 Å². The van der Waals surface area contributed by atoms with Crippen LogP contribution in [0, 0.1) is 20.8 Å². The summed E-state index contributed by atoms with van der Waals surface area (Å²) in [5.74, 6) is -0.184. The minimum absolute atomic E-state index is 0.184. The molecule has 108 valence electrons. The number of pyridine rings is 1. The van der Waals surface area contributed by atoms with Gasteiger partial charge < -0.3 is 0 Å². The number of hydrogen-bond acceptors (Lipinski definition) is 5. The van der Waals surface area contributed by atoms with Gasteiger partial charge in [0, 0.05) is 23.8 Å². The van der Waals surface area contributed by atoms with E-state index in [1.165, 1.54) is 11.3 Å². The minimum atomic E-state index is -0.184. The van der Waals surface area contributed by atoms with Gasteiger partial charge in [0.05, 0.1) is 16.6 Å². The fourth-order valence-electron chi connectivity index (χ4n) is 2.33. The molecule has 0 saturated heterocycles. The Morgan fingerprint density at radius 2 is 2.10 bits per heavy atom. The summed E-state index contributed by atoms with van der Waals surface area (Å²) in [5.41, 5.74) is 2.87. The smallest absolute Gasteiger partial charge is 0.258 e. The molecule has 0 aromatic carbocycles. The minimum Gasteiger partial charge on any atom is -0.298 e. The highest BCUT2D eigenvalue weighted by atomic mass is 32.1. The van der Waals surface area contributed by atoms with Crippen molar-refractivity contribution >= 4 is 33.4 Å².